The van der Waals surface area contributed by atoms with E-state index in [1.807, 2.05) is 11.8 Å². The molecular formula is C11H21N3S. The van der Waals surface area contributed by atoms with Gasteiger partial charge >= 0.3 is 0 Å². The minimum absolute atomic E-state index is 0.232. The number of rotatable bonds is 2. The highest BCUT2D eigenvalue weighted by atomic mass is 32.2. The van der Waals surface area contributed by atoms with E-state index in [-0.39, 0.29) is 5.54 Å². The molecule has 15 heavy (non-hydrogen) atoms. The minimum Gasteiger partial charge on any atom is -0.359 e. The normalized spacial score (nSPS) is 33.5. The average molecular weight is 227 g/mol. The number of hydrogen-bond donors (Lipinski definition) is 1. The van der Waals surface area contributed by atoms with Crippen molar-refractivity contribution in [3.63, 3.8) is 0 Å². The molecule has 0 amide bonds. The topological polar surface area (TPSA) is 27.6 Å². The molecule has 0 aliphatic carbocycles. The van der Waals surface area contributed by atoms with E-state index in [1.165, 1.54) is 19.5 Å². The molecule has 2 rings (SSSR count). The summed E-state index contributed by atoms with van der Waals surface area (Å²) in [6, 6.07) is 0. The Kier molecular flexibility index (Phi) is 3.26. The van der Waals surface area contributed by atoms with Crippen LogP contribution in [0, 0.1) is 5.92 Å². The van der Waals surface area contributed by atoms with Gasteiger partial charge in [0.25, 0.3) is 0 Å². The van der Waals surface area contributed by atoms with E-state index >= 15 is 0 Å². The summed E-state index contributed by atoms with van der Waals surface area (Å²) >= 11 is 1.86. The van der Waals surface area contributed by atoms with Crippen LogP contribution in [0.25, 0.3) is 0 Å². The number of nitrogens with zero attached hydrogens (tertiary/aromatic N) is 2. The summed E-state index contributed by atoms with van der Waals surface area (Å²) < 4.78 is 0. The van der Waals surface area contributed by atoms with Crippen molar-refractivity contribution >= 4 is 16.9 Å². The molecule has 0 bridgehead atoms. The molecule has 3 nitrogen and oxygen atoms in total. The van der Waals surface area contributed by atoms with Crippen LogP contribution >= 0.6 is 11.8 Å². The number of thioether (sulfide) groups is 1. The molecular weight excluding hydrogens is 206 g/mol. The van der Waals surface area contributed by atoms with Gasteiger partial charge in [0.1, 0.15) is 0 Å². The highest BCUT2D eigenvalue weighted by Gasteiger charge is 2.27. The van der Waals surface area contributed by atoms with E-state index in [2.05, 4.69) is 36.1 Å². The Hall–Kier alpha value is -0.220. The van der Waals surface area contributed by atoms with Gasteiger partial charge in [-0.05, 0) is 39.8 Å². The lowest BCUT2D eigenvalue weighted by atomic mass is 10.1. The molecule has 86 valence electrons. The third kappa shape index (κ3) is 3.11. The van der Waals surface area contributed by atoms with Crippen molar-refractivity contribution in [1.82, 2.24) is 10.2 Å². The van der Waals surface area contributed by atoms with Crippen molar-refractivity contribution in [2.75, 3.05) is 32.4 Å². The molecule has 1 N–H and O–H groups in total. The van der Waals surface area contributed by atoms with Gasteiger partial charge < -0.3 is 10.2 Å². The van der Waals surface area contributed by atoms with Gasteiger partial charge in [0.2, 0.25) is 0 Å². The van der Waals surface area contributed by atoms with Crippen LogP contribution in [0.2, 0.25) is 0 Å². The Morgan fingerprint density at radius 1 is 1.60 bits per heavy atom. The molecule has 2 aliphatic heterocycles. The summed E-state index contributed by atoms with van der Waals surface area (Å²) in [4.78, 5) is 7.07. The van der Waals surface area contributed by atoms with Crippen LogP contribution < -0.4 is 5.32 Å². The van der Waals surface area contributed by atoms with Gasteiger partial charge in [-0.2, -0.15) is 0 Å². The second kappa shape index (κ2) is 4.34. The van der Waals surface area contributed by atoms with Crippen LogP contribution in [0.5, 0.6) is 0 Å². The molecule has 1 atom stereocenters. The van der Waals surface area contributed by atoms with Gasteiger partial charge in [0.05, 0.1) is 0 Å². The molecule has 0 aromatic carbocycles. The van der Waals surface area contributed by atoms with Crippen molar-refractivity contribution in [2.24, 2.45) is 10.9 Å². The molecule has 2 fully saturated rings. The summed E-state index contributed by atoms with van der Waals surface area (Å²) in [6.07, 6.45) is 1.31. The molecule has 0 aromatic rings. The first-order chi connectivity index (χ1) is 7.05. The smallest absolute Gasteiger partial charge is 0.157 e. The fourth-order valence-electron chi connectivity index (χ4n) is 2.08. The van der Waals surface area contributed by atoms with E-state index in [0.717, 1.165) is 23.4 Å². The van der Waals surface area contributed by atoms with Crippen LogP contribution in [-0.4, -0.2) is 48.0 Å². The third-order valence-corrected chi connectivity index (χ3v) is 4.37. The monoisotopic (exact) mass is 227 g/mol. The Morgan fingerprint density at radius 2 is 2.40 bits per heavy atom. The second-order valence-corrected chi connectivity index (χ2v) is 6.32. The molecule has 4 heteroatoms. The maximum absolute atomic E-state index is 4.68. The molecule has 0 aromatic heterocycles. The van der Waals surface area contributed by atoms with Gasteiger partial charge in [-0.25, -0.2) is 0 Å². The SMILES string of the molecule is CN1CCC(CN=C2NC(C)(C)CS2)C1. The Morgan fingerprint density at radius 3 is 2.93 bits per heavy atom. The average Bonchev–Trinajstić information content (AvgIpc) is 2.69. The van der Waals surface area contributed by atoms with Crippen LogP contribution in [0.3, 0.4) is 0 Å². The summed E-state index contributed by atoms with van der Waals surface area (Å²) in [5.41, 5.74) is 0.232. The van der Waals surface area contributed by atoms with Crippen LogP contribution in [0.1, 0.15) is 20.3 Å². The lowest BCUT2D eigenvalue weighted by Gasteiger charge is -2.16. The van der Waals surface area contributed by atoms with Gasteiger partial charge in [-0.3, -0.25) is 4.99 Å². The van der Waals surface area contributed by atoms with Crippen LogP contribution in [-0.2, 0) is 0 Å². The predicted octanol–water partition coefficient (Wildman–Crippen LogP) is 1.41. The Labute approximate surface area is 96.7 Å². The highest BCUT2D eigenvalue weighted by Crippen LogP contribution is 2.23. The number of nitrogens with one attached hydrogen (secondary N) is 1. The zero-order chi connectivity index (χ0) is 10.9. The van der Waals surface area contributed by atoms with Crippen molar-refractivity contribution in [2.45, 2.75) is 25.8 Å². The van der Waals surface area contributed by atoms with Crippen molar-refractivity contribution in [1.29, 1.82) is 0 Å². The second-order valence-electron chi connectivity index (χ2n) is 5.36. The van der Waals surface area contributed by atoms with E-state index in [4.69, 9.17) is 0 Å². The molecule has 2 heterocycles. The highest BCUT2D eigenvalue weighted by molar-refractivity contribution is 8.14. The van der Waals surface area contributed by atoms with Gasteiger partial charge in [-0.1, -0.05) is 11.8 Å². The first-order valence-corrected chi connectivity index (χ1v) is 6.68. The fourth-order valence-corrected chi connectivity index (χ4v) is 3.17. The number of hydrogen-bond acceptors (Lipinski definition) is 3. The summed E-state index contributed by atoms with van der Waals surface area (Å²) in [7, 11) is 2.19. The van der Waals surface area contributed by atoms with E-state index in [0.29, 0.717) is 0 Å². The first kappa shape index (κ1) is 11.3. The summed E-state index contributed by atoms with van der Waals surface area (Å²) in [6.45, 7) is 7.90. The molecule has 0 radical (unpaired) electrons. The predicted molar refractivity (Wildman–Crippen MR) is 67.6 cm³/mol. The molecule has 0 saturated carbocycles. The quantitative estimate of drug-likeness (QED) is 0.773. The van der Waals surface area contributed by atoms with E-state index < -0.39 is 0 Å². The first-order valence-electron chi connectivity index (χ1n) is 5.69. The van der Waals surface area contributed by atoms with E-state index in [1.54, 1.807) is 0 Å². The third-order valence-electron chi connectivity index (χ3n) is 3.00. The number of aliphatic imine (C=N–C) groups is 1. The minimum atomic E-state index is 0.232. The molecule has 2 saturated heterocycles. The van der Waals surface area contributed by atoms with Crippen LogP contribution in [0.15, 0.2) is 4.99 Å². The van der Waals surface area contributed by atoms with E-state index in [9.17, 15) is 0 Å². The zero-order valence-electron chi connectivity index (χ0n) is 9.92. The standard InChI is InChI=1S/C11H21N3S/c1-11(2)8-15-10(13-11)12-6-9-4-5-14(3)7-9/h9H,4-8H2,1-3H3,(H,12,13). The summed E-state index contributed by atoms with van der Waals surface area (Å²) in [5.74, 6) is 1.91. The molecule has 2 aliphatic rings. The number of likely N-dealkylation sites (tertiary alicyclic amines) is 1. The van der Waals surface area contributed by atoms with Gasteiger partial charge in [0.15, 0.2) is 5.17 Å². The maximum Gasteiger partial charge on any atom is 0.157 e. The lowest BCUT2D eigenvalue weighted by Crippen LogP contribution is -2.37. The maximum atomic E-state index is 4.68. The van der Waals surface area contributed by atoms with Crippen molar-refractivity contribution < 1.29 is 0 Å². The van der Waals surface area contributed by atoms with Crippen molar-refractivity contribution in [3.05, 3.63) is 0 Å². The Balaban J connectivity index is 1.80. The largest absolute Gasteiger partial charge is 0.359 e. The fraction of sp³-hybridized carbons (Fsp3) is 0.909. The zero-order valence-corrected chi connectivity index (χ0v) is 10.7. The van der Waals surface area contributed by atoms with Gasteiger partial charge in [-0.15, -0.1) is 0 Å². The summed E-state index contributed by atoms with van der Waals surface area (Å²) in [5, 5.41) is 4.61. The Bertz CT molecular complexity index is 263. The van der Waals surface area contributed by atoms with Crippen molar-refractivity contribution in [3.8, 4) is 0 Å². The van der Waals surface area contributed by atoms with Gasteiger partial charge in [0, 0.05) is 24.4 Å². The molecule has 0 spiro atoms. The molecule has 1 unspecified atom stereocenters. The number of amidine groups is 1. The lowest BCUT2D eigenvalue weighted by molar-refractivity contribution is 0.397. The van der Waals surface area contributed by atoms with Crippen LogP contribution in [0.4, 0.5) is 0 Å².